The van der Waals surface area contributed by atoms with E-state index in [9.17, 15) is 9.90 Å². The molecule has 0 aromatic heterocycles. The molecule has 4 rings (SSSR count). The summed E-state index contributed by atoms with van der Waals surface area (Å²) in [5.41, 5.74) is 9.04. The van der Waals surface area contributed by atoms with Crippen molar-refractivity contribution in [3.8, 4) is 11.1 Å². The Morgan fingerprint density at radius 3 is 2.73 bits per heavy atom. The average molecular weight is 527 g/mol. The van der Waals surface area contributed by atoms with Gasteiger partial charge in [-0.25, -0.2) is 0 Å². The summed E-state index contributed by atoms with van der Waals surface area (Å²) in [5.74, 6) is 0.151. The van der Waals surface area contributed by atoms with Crippen LogP contribution in [0.2, 0.25) is 5.02 Å². The van der Waals surface area contributed by atoms with E-state index in [-0.39, 0.29) is 23.8 Å². The Morgan fingerprint density at radius 1 is 1.19 bits per heavy atom. The number of nitrogens with zero attached hydrogens (tertiary/aromatic N) is 1. The Morgan fingerprint density at radius 2 is 2.00 bits per heavy atom. The highest BCUT2D eigenvalue weighted by Gasteiger charge is 2.44. The molecule has 2 aromatic rings. The number of rotatable bonds is 10. The van der Waals surface area contributed by atoms with Crippen LogP contribution in [0.4, 0.5) is 0 Å². The summed E-state index contributed by atoms with van der Waals surface area (Å²) in [7, 11) is 1.71. The van der Waals surface area contributed by atoms with Crippen LogP contribution in [0.25, 0.3) is 11.1 Å². The molecule has 1 heterocycles. The smallest absolute Gasteiger partial charge is 0.225 e. The number of amides is 1. The minimum atomic E-state index is -1.11. The second kappa shape index (κ2) is 12.8. The van der Waals surface area contributed by atoms with E-state index in [4.69, 9.17) is 22.1 Å². The Kier molecular flexibility index (Phi) is 9.68. The van der Waals surface area contributed by atoms with Gasteiger partial charge in [0.1, 0.15) is 0 Å². The first-order valence-electron chi connectivity index (χ1n) is 14.0. The summed E-state index contributed by atoms with van der Waals surface area (Å²) in [5, 5.41) is 13.3. The molecule has 0 bridgehead atoms. The highest BCUT2D eigenvalue weighted by molar-refractivity contribution is 6.33. The number of ether oxygens (including phenoxy) is 1. The molecule has 1 amide bonds. The Balaban J connectivity index is 1.70. The Bertz CT molecular complexity index is 1060. The lowest BCUT2D eigenvalue weighted by Crippen LogP contribution is -2.49. The van der Waals surface area contributed by atoms with Crippen LogP contribution < -0.4 is 5.73 Å². The van der Waals surface area contributed by atoms with Gasteiger partial charge in [0, 0.05) is 55.3 Å². The van der Waals surface area contributed by atoms with Crippen LogP contribution in [-0.2, 0) is 21.6 Å². The number of unbranched alkanes of at least 4 members (excludes halogenated alkanes) is 1. The molecule has 1 aliphatic carbocycles. The molecule has 2 aromatic carbocycles. The highest BCUT2D eigenvalue weighted by Crippen LogP contribution is 2.46. The number of halogens is 1. The monoisotopic (exact) mass is 526 g/mol. The van der Waals surface area contributed by atoms with Crippen molar-refractivity contribution >= 4 is 17.5 Å². The van der Waals surface area contributed by atoms with Gasteiger partial charge < -0.3 is 20.5 Å². The van der Waals surface area contributed by atoms with Crippen molar-refractivity contribution in [3.63, 3.8) is 0 Å². The Hall–Kier alpha value is -1.92. The third-order valence-corrected chi connectivity index (χ3v) is 8.81. The van der Waals surface area contributed by atoms with Crippen LogP contribution in [0.3, 0.4) is 0 Å². The van der Waals surface area contributed by atoms with Crippen molar-refractivity contribution in [2.75, 3.05) is 26.8 Å². The third-order valence-electron chi connectivity index (χ3n) is 8.49. The molecular formula is C31H43ClN2O3. The maximum absolute atomic E-state index is 13.4. The van der Waals surface area contributed by atoms with Gasteiger partial charge in [-0.05, 0) is 80.5 Å². The molecule has 6 heteroatoms. The lowest BCUT2D eigenvalue weighted by molar-refractivity contribution is -0.140. The molecule has 2 fully saturated rings. The number of piperidine rings is 1. The van der Waals surface area contributed by atoms with Gasteiger partial charge in [-0.15, -0.1) is 0 Å². The first-order valence-corrected chi connectivity index (χ1v) is 14.4. The van der Waals surface area contributed by atoms with E-state index >= 15 is 0 Å². The molecule has 3 N–H and O–H groups in total. The van der Waals surface area contributed by atoms with Crippen LogP contribution in [0.1, 0.15) is 69.4 Å². The summed E-state index contributed by atoms with van der Waals surface area (Å²) >= 11 is 6.86. The maximum atomic E-state index is 13.4. The van der Waals surface area contributed by atoms with Crippen LogP contribution in [0.15, 0.2) is 42.5 Å². The first kappa shape index (κ1) is 28.1. The van der Waals surface area contributed by atoms with E-state index in [0.717, 1.165) is 74.6 Å². The standard InChI is InChI=1S/C31H43ClN2O3/c1-3-22-9-6-10-23(19-22)29-27(12-7-13-28(29)32)31(36,16-4-5-18-37-2)25-11-8-17-34(21-25)30(35)24-14-15-26(33)20-24/h6-7,9-10,12-13,19,24-26,36H,3-5,8,11,14-18,20-21,33H2,1-2H3/t24-,25?,26+,31+/m1/s1. The molecule has 1 aliphatic heterocycles. The molecule has 1 saturated heterocycles. The number of carbonyl (C=O) groups is 1. The van der Waals surface area contributed by atoms with E-state index in [0.29, 0.717) is 24.6 Å². The lowest BCUT2D eigenvalue weighted by Gasteiger charge is -2.44. The molecule has 37 heavy (non-hydrogen) atoms. The van der Waals surface area contributed by atoms with Crippen molar-refractivity contribution in [2.24, 2.45) is 17.6 Å². The number of hydrogen-bond acceptors (Lipinski definition) is 4. The van der Waals surface area contributed by atoms with Crippen molar-refractivity contribution in [1.29, 1.82) is 0 Å². The first-order chi connectivity index (χ1) is 17.9. The van der Waals surface area contributed by atoms with Crippen molar-refractivity contribution < 1.29 is 14.6 Å². The molecular weight excluding hydrogens is 484 g/mol. The van der Waals surface area contributed by atoms with Crippen molar-refractivity contribution in [2.45, 2.75) is 76.4 Å². The van der Waals surface area contributed by atoms with E-state index in [1.807, 2.05) is 23.1 Å². The zero-order chi connectivity index (χ0) is 26.4. The number of nitrogens with two attached hydrogens (primary N) is 1. The topological polar surface area (TPSA) is 75.8 Å². The number of methoxy groups -OCH3 is 1. The predicted molar refractivity (Wildman–Crippen MR) is 151 cm³/mol. The van der Waals surface area contributed by atoms with Crippen LogP contribution >= 0.6 is 11.6 Å². The molecule has 0 spiro atoms. The van der Waals surface area contributed by atoms with Gasteiger partial charge in [0.2, 0.25) is 5.91 Å². The minimum Gasteiger partial charge on any atom is -0.385 e. The molecule has 1 saturated carbocycles. The number of aliphatic hydroxyl groups is 1. The SMILES string of the molecule is CCc1cccc(-c2c(Cl)cccc2[C@](O)(CCCCOC)C2CCCN(C(=O)[C@@H]3CC[C@H](N)C3)C2)c1. The average Bonchev–Trinajstić information content (AvgIpc) is 3.36. The number of carbonyl (C=O) groups excluding carboxylic acids is 1. The van der Waals surface area contributed by atoms with Gasteiger partial charge in [0.25, 0.3) is 0 Å². The fourth-order valence-corrected chi connectivity index (χ4v) is 6.67. The predicted octanol–water partition coefficient (Wildman–Crippen LogP) is 5.94. The fourth-order valence-electron chi connectivity index (χ4n) is 6.39. The molecule has 0 radical (unpaired) electrons. The van der Waals surface area contributed by atoms with Gasteiger partial charge in [-0.2, -0.15) is 0 Å². The Labute approximate surface area is 227 Å². The molecule has 4 atom stereocenters. The van der Waals surface area contributed by atoms with Gasteiger partial charge in [-0.3, -0.25) is 4.79 Å². The number of likely N-dealkylation sites (tertiary alicyclic amines) is 1. The summed E-state index contributed by atoms with van der Waals surface area (Å²) in [6.45, 7) is 4.12. The zero-order valence-electron chi connectivity index (χ0n) is 22.4. The van der Waals surface area contributed by atoms with E-state index in [2.05, 4.69) is 31.2 Å². The number of benzene rings is 2. The third kappa shape index (κ3) is 6.39. The summed E-state index contributed by atoms with van der Waals surface area (Å²) < 4.78 is 5.29. The lowest BCUT2D eigenvalue weighted by atomic mass is 9.72. The fraction of sp³-hybridized carbons (Fsp3) is 0.581. The summed E-state index contributed by atoms with van der Waals surface area (Å²) in [6, 6.07) is 14.4. The molecule has 202 valence electrons. The van der Waals surface area contributed by atoms with Crippen LogP contribution in [0.5, 0.6) is 0 Å². The zero-order valence-corrected chi connectivity index (χ0v) is 23.2. The van der Waals surface area contributed by atoms with Crippen LogP contribution in [0, 0.1) is 11.8 Å². The summed E-state index contributed by atoms with van der Waals surface area (Å²) in [4.78, 5) is 15.4. The van der Waals surface area contributed by atoms with Gasteiger partial charge in [0.15, 0.2) is 0 Å². The van der Waals surface area contributed by atoms with E-state index in [1.54, 1.807) is 7.11 Å². The quantitative estimate of drug-likeness (QED) is 0.376. The number of aryl methyl sites for hydroxylation is 1. The largest absolute Gasteiger partial charge is 0.385 e. The molecule has 5 nitrogen and oxygen atoms in total. The summed E-state index contributed by atoms with van der Waals surface area (Å²) in [6.07, 6.45) is 7.54. The van der Waals surface area contributed by atoms with Crippen molar-refractivity contribution in [1.82, 2.24) is 4.90 Å². The second-order valence-corrected chi connectivity index (χ2v) is 11.4. The van der Waals surface area contributed by atoms with E-state index < -0.39 is 5.60 Å². The van der Waals surface area contributed by atoms with Crippen molar-refractivity contribution in [3.05, 3.63) is 58.6 Å². The molecule has 2 aliphatic rings. The second-order valence-electron chi connectivity index (χ2n) is 11.0. The van der Waals surface area contributed by atoms with Crippen LogP contribution in [-0.4, -0.2) is 48.8 Å². The van der Waals surface area contributed by atoms with Gasteiger partial charge in [-0.1, -0.05) is 54.9 Å². The number of hydrogen-bond donors (Lipinski definition) is 2. The van der Waals surface area contributed by atoms with Gasteiger partial charge >= 0.3 is 0 Å². The normalized spacial score (nSPS) is 23.7. The molecule has 1 unspecified atom stereocenters. The maximum Gasteiger partial charge on any atom is 0.225 e. The highest BCUT2D eigenvalue weighted by atomic mass is 35.5. The van der Waals surface area contributed by atoms with Gasteiger partial charge in [0.05, 0.1) is 5.60 Å². The minimum absolute atomic E-state index is 0.0158. The van der Waals surface area contributed by atoms with E-state index in [1.165, 1.54) is 5.56 Å².